The van der Waals surface area contributed by atoms with Crippen LogP contribution in [0.4, 0.5) is 0 Å². The van der Waals surface area contributed by atoms with Gasteiger partial charge in [0, 0.05) is 24.5 Å². The molecule has 0 spiro atoms. The highest BCUT2D eigenvalue weighted by Gasteiger charge is 2.31. The lowest BCUT2D eigenvalue weighted by Crippen LogP contribution is -2.40. The largest absolute Gasteiger partial charge is 0.388 e. The summed E-state index contributed by atoms with van der Waals surface area (Å²) < 4.78 is 1.74. The zero-order chi connectivity index (χ0) is 14.7. The second kappa shape index (κ2) is 5.69. The molecular formula is C16H19N3O2. The lowest BCUT2D eigenvalue weighted by Gasteiger charge is -2.22. The van der Waals surface area contributed by atoms with E-state index in [2.05, 4.69) is 10.4 Å². The van der Waals surface area contributed by atoms with Gasteiger partial charge in [0.25, 0.3) is 5.91 Å². The Morgan fingerprint density at radius 1 is 1.29 bits per heavy atom. The van der Waals surface area contributed by atoms with Gasteiger partial charge in [-0.15, -0.1) is 0 Å². The number of carbonyl (C=O) groups excluding carboxylic acids is 1. The van der Waals surface area contributed by atoms with Crippen LogP contribution in [0.3, 0.4) is 0 Å². The van der Waals surface area contributed by atoms with Crippen LogP contribution in [0, 0.1) is 0 Å². The molecule has 110 valence electrons. The molecule has 1 saturated carbocycles. The van der Waals surface area contributed by atoms with Crippen molar-refractivity contribution in [1.82, 2.24) is 15.1 Å². The first-order chi connectivity index (χ1) is 10.2. The van der Waals surface area contributed by atoms with Crippen LogP contribution in [0.5, 0.6) is 0 Å². The highest BCUT2D eigenvalue weighted by molar-refractivity contribution is 5.94. The van der Waals surface area contributed by atoms with E-state index in [0.29, 0.717) is 12.1 Å². The molecule has 1 aliphatic rings. The molecule has 1 amide bonds. The molecule has 2 aromatic rings. The van der Waals surface area contributed by atoms with Crippen LogP contribution >= 0.6 is 0 Å². The molecule has 2 N–H and O–H groups in total. The molecule has 1 aromatic heterocycles. The van der Waals surface area contributed by atoms with E-state index < -0.39 is 5.60 Å². The van der Waals surface area contributed by atoms with Crippen molar-refractivity contribution in [2.45, 2.75) is 31.3 Å². The molecule has 1 aromatic carbocycles. The van der Waals surface area contributed by atoms with E-state index in [-0.39, 0.29) is 5.91 Å². The smallest absolute Gasteiger partial charge is 0.251 e. The van der Waals surface area contributed by atoms with Gasteiger partial charge in [-0.1, -0.05) is 12.8 Å². The van der Waals surface area contributed by atoms with Crippen LogP contribution in [0.2, 0.25) is 0 Å². The second-order valence-corrected chi connectivity index (χ2v) is 5.61. The minimum absolute atomic E-state index is 0.151. The summed E-state index contributed by atoms with van der Waals surface area (Å²) in [6.45, 7) is 0.326. The number of aliphatic hydroxyl groups is 1. The molecule has 5 nitrogen and oxygen atoms in total. The lowest BCUT2D eigenvalue weighted by molar-refractivity contribution is 0.0449. The van der Waals surface area contributed by atoms with Crippen molar-refractivity contribution in [2.75, 3.05) is 6.54 Å². The van der Waals surface area contributed by atoms with Gasteiger partial charge in [-0.3, -0.25) is 4.79 Å². The lowest BCUT2D eigenvalue weighted by atomic mass is 10.0. The van der Waals surface area contributed by atoms with Crippen molar-refractivity contribution in [3.8, 4) is 5.69 Å². The maximum absolute atomic E-state index is 12.1. The third-order valence-corrected chi connectivity index (χ3v) is 4.01. The van der Waals surface area contributed by atoms with E-state index in [4.69, 9.17) is 0 Å². The van der Waals surface area contributed by atoms with Crippen LogP contribution in [-0.2, 0) is 0 Å². The van der Waals surface area contributed by atoms with Crippen molar-refractivity contribution in [3.05, 3.63) is 48.3 Å². The van der Waals surface area contributed by atoms with E-state index >= 15 is 0 Å². The number of carbonyl (C=O) groups is 1. The van der Waals surface area contributed by atoms with Crippen molar-refractivity contribution in [3.63, 3.8) is 0 Å². The summed E-state index contributed by atoms with van der Waals surface area (Å²) in [5, 5.41) is 17.2. The first kappa shape index (κ1) is 13.8. The maximum atomic E-state index is 12.1. The van der Waals surface area contributed by atoms with Gasteiger partial charge in [0.15, 0.2) is 0 Å². The summed E-state index contributed by atoms with van der Waals surface area (Å²) in [5.74, 6) is -0.151. The summed E-state index contributed by atoms with van der Waals surface area (Å²) in [7, 11) is 0. The molecule has 1 heterocycles. The summed E-state index contributed by atoms with van der Waals surface area (Å²) in [4.78, 5) is 12.1. The van der Waals surface area contributed by atoms with Crippen molar-refractivity contribution < 1.29 is 9.90 Å². The third kappa shape index (κ3) is 3.13. The SMILES string of the molecule is O=C(NCC1(O)CCCC1)c1ccc(-n2cccn2)cc1. The highest BCUT2D eigenvalue weighted by Crippen LogP contribution is 2.28. The molecule has 3 rings (SSSR count). The maximum Gasteiger partial charge on any atom is 0.251 e. The van der Waals surface area contributed by atoms with E-state index in [0.717, 1.165) is 31.4 Å². The number of rotatable bonds is 4. The molecular weight excluding hydrogens is 266 g/mol. The van der Waals surface area contributed by atoms with Crippen LogP contribution in [0.15, 0.2) is 42.7 Å². The van der Waals surface area contributed by atoms with Crippen LogP contribution < -0.4 is 5.32 Å². The Bertz CT molecular complexity index is 599. The first-order valence-electron chi connectivity index (χ1n) is 7.27. The standard InChI is InChI=1S/C16H19N3O2/c20-15(17-12-16(21)8-1-2-9-16)13-4-6-14(7-5-13)19-11-3-10-18-19/h3-7,10-11,21H,1-2,8-9,12H2,(H,17,20). The number of aromatic nitrogens is 2. The van der Waals surface area contributed by atoms with Gasteiger partial charge in [-0.2, -0.15) is 5.10 Å². The molecule has 0 aliphatic heterocycles. The number of amides is 1. The molecule has 0 unspecified atom stereocenters. The Kier molecular flexibility index (Phi) is 3.75. The Hall–Kier alpha value is -2.14. The third-order valence-electron chi connectivity index (χ3n) is 4.01. The van der Waals surface area contributed by atoms with Gasteiger partial charge in [0.05, 0.1) is 11.3 Å². The Balaban J connectivity index is 1.62. The summed E-state index contributed by atoms with van der Waals surface area (Å²) in [6.07, 6.45) is 7.17. The van der Waals surface area contributed by atoms with E-state index in [9.17, 15) is 9.90 Å². The molecule has 0 atom stereocenters. The van der Waals surface area contributed by atoms with Crippen molar-refractivity contribution >= 4 is 5.91 Å². The van der Waals surface area contributed by atoms with Crippen molar-refractivity contribution in [1.29, 1.82) is 0 Å². The molecule has 0 radical (unpaired) electrons. The average Bonchev–Trinajstić information content (AvgIpc) is 3.17. The zero-order valence-corrected chi connectivity index (χ0v) is 11.8. The topological polar surface area (TPSA) is 67.2 Å². The van der Waals surface area contributed by atoms with Gasteiger partial charge in [-0.05, 0) is 43.2 Å². The quantitative estimate of drug-likeness (QED) is 0.901. The number of benzene rings is 1. The van der Waals surface area contributed by atoms with Crippen molar-refractivity contribution in [2.24, 2.45) is 0 Å². The predicted octanol–water partition coefficient (Wildman–Crippen LogP) is 1.91. The molecule has 0 bridgehead atoms. The highest BCUT2D eigenvalue weighted by atomic mass is 16.3. The Morgan fingerprint density at radius 3 is 2.62 bits per heavy atom. The second-order valence-electron chi connectivity index (χ2n) is 5.61. The fraction of sp³-hybridized carbons (Fsp3) is 0.375. The predicted molar refractivity (Wildman–Crippen MR) is 79.3 cm³/mol. The molecule has 0 saturated heterocycles. The zero-order valence-electron chi connectivity index (χ0n) is 11.8. The monoisotopic (exact) mass is 285 g/mol. The molecule has 1 fully saturated rings. The first-order valence-corrected chi connectivity index (χ1v) is 7.27. The average molecular weight is 285 g/mol. The van der Waals surface area contributed by atoms with Gasteiger partial charge in [-0.25, -0.2) is 4.68 Å². The summed E-state index contributed by atoms with van der Waals surface area (Å²) >= 11 is 0. The van der Waals surface area contributed by atoms with Crippen LogP contribution in [0.1, 0.15) is 36.0 Å². The Labute approximate surface area is 123 Å². The summed E-state index contributed by atoms with van der Waals surface area (Å²) in [6, 6.07) is 9.09. The van der Waals surface area contributed by atoms with Crippen LogP contribution in [0.25, 0.3) is 5.69 Å². The summed E-state index contributed by atoms with van der Waals surface area (Å²) in [5.41, 5.74) is 0.781. The van der Waals surface area contributed by atoms with E-state index in [1.54, 1.807) is 23.0 Å². The fourth-order valence-corrected chi connectivity index (χ4v) is 2.74. The van der Waals surface area contributed by atoms with Gasteiger partial charge < -0.3 is 10.4 Å². The normalized spacial score (nSPS) is 16.8. The number of nitrogens with one attached hydrogen (secondary N) is 1. The molecule has 5 heteroatoms. The van der Waals surface area contributed by atoms with E-state index in [1.807, 2.05) is 24.4 Å². The van der Waals surface area contributed by atoms with Gasteiger partial charge in [0.2, 0.25) is 0 Å². The van der Waals surface area contributed by atoms with E-state index in [1.165, 1.54) is 0 Å². The molecule has 1 aliphatic carbocycles. The Morgan fingerprint density at radius 2 is 2.00 bits per heavy atom. The number of hydrogen-bond donors (Lipinski definition) is 2. The molecule has 21 heavy (non-hydrogen) atoms. The number of nitrogens with zero attached hydrogens (tertiary/aromatic N) is 2. The minimum atomic E-state index is -0.718. The fourth-order valence-electron chi connectivity index (χ4n) is 2.74. The minimum Gasteiger partial charge on any atom is -0.388 e. The number of hydrogen-bond acceptors (Lipinski definition) is 3. The van der Waals surface area contributed by atoms with Crippen LogP contribution in [-0.4, -0.2) is 32.9 Å². The van der Waals surface area contributed by atoms with Gasteiger partial charge in [0.1, 0.15) is 0 Å². The van der Waals surface area contributed by atoms with Gasteiger partial charge >= 0.3 is 0 Å².